The lowest BCUT2D eigenvalue weighted by Gasteiger charge is -2.18. The van der Waals surface area contributed by atoms with Crippen LogP contribution in [0.25, 0.3) is 6.08 Å². The fraction of sp³-hybridized carbons (Fsp3) is 0.533. The van der Waals surface area contributed by atoms with Crippen molar-refractivity contribution in [3.63, 3.8) is 0 Å². The average Bonchev–Trinajstić information content (AvgIpc) is 3.18. The molecule has 0 spiro atoms. The van der Waals surface area contributed by atoms with Crippen molar-refractivity contribution in [1.82, 2.24) is 20.0 Å². The van der Waals surface area contributed by atoms with Gasteiger partial charge in [0.05, 0.1) is 18.3 Å². The molecular formula is C15H20N4O2S. The van der Waals surface area contributed by atoms with Gasteiger partial charge in [-0.2, -0.15) is 5.10 Å². The number of hydrogen-bond acceptors (Lipinski definition) is 4. The SMILES string of the molecule is CCn1cc(/C=C2/NC(=S)N(CC3CCCO3)C2=O)c(C)n1. The van der Waals surface area contributed by atoms with E-state index in [2.05, 4.69) is 10.4 Å². The highest BCUT2D eigenvalue weighted by atomic mass is 32.1. The smallest absolute Gasteiger partial charge is 0.276 e. The van der Waals surface area contributed by atoms with Crippen molar-refractivity contribution in [3.8, 4) is 0 Å². The summed E-state index contributed by atoms with van der Waals surface area (Å²) in [6.07, 6.45) is 5.87. The second-order valence-corrected chi connectivity index (χ2v) is 5.95. The summed E-state index contributed by atoms with van der Waals surface area (Å²) in [5.41, 5.74) is 2.33. The number of ether oxygens (including phenoxy) is 1. The van der Waals surface area contributed by atoms with Crippen LogP contribution in [0, 0.1) is 6.92 Å². The molecule has 1 aromatic heterocycles. The third-order valence-electron chi connectivity index (χ3n) is 3.98. The molecule has 0 aromatic carbocycles. The fourth-order valence-electron chi connectivity index (χ4n) is 2.72. The van der Waals surface area contributed by atoms with E-state index >= 15 is 0 Å². The monoisotopic (exact) mass is 320 g/mol. The summed E-state index contributed by atoms with van der Waals surface area (Å²) in [5, 5.41) is 7.84. The van der Waals surface area contributed by atoms with Crippen molar-refractivity contribution in [1.29, 1.82) is 0 Å². The zero-order valence-electron chi connectivity index (χ0n) is 12.8. The van der Waals surface area contributed by atoms with E-state index < -0.39 is 0 Å². The number of thiocarbonyl (C=S) groups is 1. The molecule has 1 amide bonds. The third kappa shape index (κ3) is 2.91. The normalized spacial score (nSPS) is 23.6. The van der Waals surface area contributed by atoms with Crippen molar-refractivity contribution >= 4 is 29.3 Å². The predicted octanol–water partition coefficient (Wildman–Crippen LogP) is 1.45. The Morgan fingerprint density at radius 1 is 1.59 bits per heavy atom. The molecule has 22 heavy (non-hydrogen) atoms. The Labute approximate surface area is 135 Å². The summed E-state index contributed by atoms with van der Waals surface area (Å²) < 4.78 is 7.44. The van der Waals surface area contributed by atoms with E-state index in [0.29, 0.717) is 17.4 Å². The van der Waals surface area contributed by atoms with E-state index in [1.165, 1.54) is 0 Å². The fourth-order valence-corrected chi connectivity index (χ4v) is 2.99. The molecule has 2 aliphatic heterocycles. The maximum Gasteiger partial charge on any atom is 0.276 e. The molecule has 1 atom stereocenters. The number of carbonyl (C=O) groups is 1. The summed E-state index contributed by atoms with van der Waals surface area (Å²) in [6.45, 7) is 6.05. The van der Waals surface area contributed by atoms with Crippen molar-refractivity contribution in [2.24, 2.45) is 0 Å². The molecule has 3 rings (SSSR count). The van der Waals surface area contributed by atoms with Gasteiger partial charge in [-0.1, -0.05) is 0 Å². The molecule has 2 saturated heterocycles. The van der Waals surface area contributed by atoms with E-state index in [-0.39, 0.29) is 12.0 Å². The molecule has 7 heteroatoms. The van der Waals surface area contributed by atoms with Gasteiger partial charge in [0.15, 0.2) is 5.11 Å². The number of rotatable bonds is 4. The second-order valence-electron chi connectivity index (χ2n) is 5.56. The van der Waals surface area contributed by atoms with Crippen molar-refractivity contribution in [2.45, 2.75) is 39.3 Å². The number of aromatic nitrogens is 2. The number of nitrogens with one attached hydrogen (secondary N) is 1. The van der Waals surface area contributed by atoms with Crippen LogP contribution in [0.5, 0.6) is 0 Å². The lowest BCUT2D eigenvalue weighted by molar-refractivity contribution is -0.123. The van der Waals surface area contributed by atoms with E-state index in [0.717, 1.165) is 37.3 Å². The Kier molecular flexibility index (Phi) is 4.26. The minimum Gasteiger partial charge on any atom is -0.376 e. The molecule has 1 unspecified atom stereocenters. The molecule has 0 aliphatic carbocycles. The van der Waals surface area contributed by atoms with E-state index in [9.17, 15) is 4.79 Å². The van der Waals surface area contributed by atoms with Gasteiger partial charge in [-0.15, -0.1) is 0 Å². The molecule has 0 radical (unpaired) electrons. The molecule has 0 saturated carbocycles. The quantitative estimate of drug-likeness (QED) is 0.672. The predicted molar refractivity (Wildman–Crippen MR) is 87.0 cm³/mol. The summed E-state index contributed by atoms with van der Waals surface area (Å²) in [6, 6.07) is 0. The van der Waals surface area contributed by atoms with Gasteiger partial charge in [0.2, 0.25) is 0 Å². The minimum absolute atomic E-state index is 0.0904. The summed E-state index contributed by atoms with van der Waals surface area (Å²) in [4.78, 5) is 14.1. The standard InChI is InChI=1S/C15H20N4O2S/c1-3-18-8-11(10(2)17-18)7-13-14(20)19(15(22)16-13)9-12-5-4-6-21-12/h7-8,12H,3-6,9H2,1-2H3,(H,16,22)/b13-7+. The molecular weight excluding hydrogens is 300 g/mol. The Hall–Kier alpha value is -1.73. The van der Waals surface area contributed by atoms with E-state index in [1.807, 2.05) is 30.8 Å². The van der Waals surface area contributed by atoms with Crippen LogP contribution in [0.4, 0.5) is 0 Å². The topological polar surface area (TPSA) is 59.4 Å². The number of aryl methyl sites for hydroxylation is 2. The lowest BCUT2D eigenvalue weighted by Crippen LogP contribution is -2.37. The molecule has 2 aliphatic rings. The van der Waals surface area contributed by atoms with Gasteiger partial charge in [0.1, 0.15) is 5.70 Å². The third-order valence-corrected chi connectivity index (χ3v) is 4.30. The number of hydrogen-bond donors (Lipinski definition) is 1. The molecule has 1 aromatic rings. The minimum atomic E-state index is -0.0934. The Bertz CT molecular complexity index is 631. The Balaban J connectivity index is 1.77. The first-order valence-corrected chi connectivity index (χ1v) is 7.99. The number of amides is 1. The van der Waals surface area contributed by atoms with Gasteiger partial charge in [0.25, 0.3) is 5.91 Å². The van der Waals surface area contributed by atoms with Crippen LogP contribution in [0.15, 0.2) is 11.9 Å². The first-order valence-electron chi connectivity index (χ1n) is 7.58. The molecule has 6 nitrogen and oxygen atoms in total. The van der Waals surface area contributed by atoms with Gasteiger partial charge < -0.3 is 10.1 Å². The van der Waals surface area contributed by atoms with Crippen LogP contribution in [0.1, 0.15) is 31.0 Å². The zero-order valence-corrected chi connectivity index (χ0v) is 13.7. The first kappa shape index (κ1) is 15.2. The first-order chi connectivity index (χ1) is 10.6. The van der Waals surface area contributed by atoms with E-state index in [1.54, 1.807) is 4.90 Å². The van der Waals surface area contributed by atoms with E-state index in [4.69, 9.17) is 17.0 Å². The van der Waals surface area contributed by atoms with Crippen LogP contribution in [0.2, 0.25) is 0 Å². The van der Waals surface area contributed by atoms with Crippen LogP contribution in [0.3, 0.4) is 0 Å². The van der Waals surface area contributed by atoms with Gasteiger partial charge in [-0.25, -0.2) is 0 Å². The maximum absolute atomic E-state index is 12.5. The summed E-state index contributed by atoms with van der Waals surface area (Å²) >= 11 is 5.28. The second kappa shape index (κ2) is 6.18. The van der Waals surface area contributed by atoms with Crippen LogP contribution < -0.4 is 5.32 Å². The van der Waals surface area contributed by atoms with Crippen molar-refractivity contribution in [3.05, 3.63) is 23.2 Å². The highest BCUT2D eigenvalue weighted by Crippen LogP contribution is 2.19. The molecule has 3 heterocycles. The summed E-state index contributed by atoms with van der Waals surface area (Å²) in [7, 11) is 0. The van der Waals surface area contributed by atoms with Crippen LogP contribution in [-0.4, -0.2) is 45.0 Å². The lowest BCUT2D eigenvalue weighted by atomic mass is 10.2. The molecule has 1 N–H and O–H groups in total. The van der Waals surface area contributed by atoms with Crippen molar-refractivity contribution in [2.75, 3.05) is 13.2 Å². The number of carbonyl (C=O) groups excluding carboxylic acids is 1. The molecule has 118 valence electrons. The maximum atomic E-state index is 12.5. The van der Waals surface area contributed by atoms with Gasteiger partial charge >= 0.3 is 0 Å². The average molecular weight is 320 g/mol. The van der Waals surface area contributed by atoms with Crippen LogP contribution in [-0.2, 0) is 16.1 Å². The zero-order chi connectivity index (χ0) is 15.7. The largest absolute Gasteiger partial charge is 0.376 e. The van der Waals surface area contributed by atoms with Crippen LogP contribution >= 0.6 is 12.2 Å². The van der Waals surface area contributed by atoms with Gasteiger partial charge in [0, 0.05) is 24.9 Å². The summed E-state index contributed by atoms with van der Waals surface area (Å²) in [5.74, 6) is -0.0934. The molecule has 2 fully saturated rings. The Morgan fingerprint density at radius 2 is 2.41 bits per heavy atom. The van der Waals surface area contributed by atoms with Gasteiger partial charge in [-0.05, 0) is 45.0 Å². The highest BCUT2D eigenvalue weighted by molar-refractivity contribution is 7.80. The number of nitrogens with zero attached hydrogens (tertiary/aromatic N) is 3. The van der Waals surface area contributed by atoms with Gasteiger partial charge in [-0.3, -0.25) is 14.4 Å². The Morgan fingerprint density at radius 3 is 3.05 bits per heavy atom. The van der Waals surface area contributed by atoms with Crippen molar-refractivity contribution < 1.29 is 9.53 Å². The highest BCUT2D eigenvalue weighted by Gasteiger charge is 2.33. The molecule has 0 bridgehead atoms.